The monoisotopic (exact) mass is 297 g/mol. The molecule has 0 bridgehead atoms. The lowest BCUT2D eigenvalue weighted by Gasteiger charge is -2.08. The van der Waals surface area contributed by atoms with Crippen LogP contribution in [0.3, 0.4) is 0 Å². The zero-order valence-electron chi connectivity index (χ0n) is 10.0. The topological polar surface area (TPSA) is 12.9 Å². The predicted octanol–water partition coefficient (Wildman–Crippen LogP) is 4.97. The number of para-hydroxylation sites is 1. The number of aromatic nitrogens is 1. The highest BCUT2D eigenvalue weighted by atomic mass is 79.9. The summed E-state index contributed by atoms with van der Waals surface area (Å²) in [4.78, 5) is 4.74. The van der Waals surface area contributed by atoms with Gasteiger partial charge in [-0.3, -0.25) is 0 Å². The summed E-state index contributed by atoms with van der Waals surface area (Å²) >= 11 is 3.58. The molecule has 2 heteroatoms. The second kappa shape index (κ2) is 4.54. The first kappa shape index (κ1) is 11.4. The van der Waals surface area contributed by atoms with Gasteiger partial charge in [-0.2, -0.15) is 0 Å². The molecule has 1 heterocycles. The fraction of sp³-hybridized carbons (Fsp3) is 0.0625. The van der Waals surface area contributed by atoms with E-state index in [9.17, 15) is 0 Å². The lowest BCUT2D eigenvalue weighted by Crippen LogP contribution is -1.89. The number of benzene rings is 2. The molecule has 3 rings (SSSR count). The SMILES string of the molecule is Cc1cc(-c2ccccc2Br)nc2ccccc12. The van der Waals surface area contributed by atoms with Gasteiger partial charge in [0.1, 0.15) is 0 Å². The molecule has 0 saturated heterocycles. The lowest BCUT2D eigenvalue weighted by molar-refractivity contribution is 1.35. The molecule has 0 atom stereocenters. The van der Waals surface area contributed by atoms with E-state index in [1.165, 1.54) is 10.9 Å². The van der Waals surface area contributed by atoms with Crippen molar-refractivity contribution in [2.24, 2.45) is 0 Å². The van der Waals surface area contributed by atoms with Crippen molar-refractivity contribution in [3.63, 3.8) is 0 Å². The van der Waals surface area contributed by atoms with E-state index in [4.69, 9.17) is 4.98 Å². The molecule has 0 radical (unpaired) electrons. The largest absolute Gasteiger partial charge is 0.248 e. The lowest BCUT2D eigenvalue weighted by atomic mass is 10.1. The van der Waals surface area contributed by atoms with Crippen molar-refractivity contribution in [2.75, 3.05) is 0 Å². The Bertz CT molecular complexity index is 719. The number of hydrogen-bond donors (Lipinski definition) is 0. The third-order valence-corrected chi connectivity index (χ3v) is 3.76. The first-order valence-electron chi connectivity index (χ1n) is 5.87. The van der Waals surface area contributed by atoms with Crippen LogP contribution < -0.4 is 0 Å². The first-order valence-corrected chi connectivity index (χ1v) is 6.66. The van der Waals surface area contributed by atoms with Crippen molar-refractivity contribution < 1.29 is 0 Å². The highest BCUT2D eigenvalue weighted by molar-refractivity contribution is 9.10. The Morgan fingerprint density at radius 3 is 2.50 bits per heavy atom. The fourth-order valence-corrected chi connectivity index (χ4v) is 2.64. The molecule has 0 fully saturated rings. The van der Waals surface area contributed by atoms with Crippen molar-refractivity contribution >= 4 is 26.8 Å². The molecule has 0 spiro atoms. The fourth-order valence-electron chi connectivity index (χ4n) is 2.16. The number of halogens is 1. The van der Waals surface area contributed by atoms with Gasteiger partial charge in [0.2, 0.25) is 0 Å². The molecular weight excluding hydrogens is 286 g/mol. The summed E-state index contributed by atoms with van der Waals surface area (Å²) in [7, 11) is 0. The van der Waals surface area contributed by atoms with Crippen molar-refractivity contribution in [1.29, 1.82) is 0 Å². The zero-order valence-corrected chi connectivity index (χ0v) is 11.6. The zero-order chi connectivity index (χ0) is 12.5. The average molecular weight is 298 g/mol. The Balaban J connectivity index is 2.28. The number of aryl methyl sites for hydroxylation is 1. The van der Waals surface area contributed by atoms with E-state index in [1.807, 2.05) is 24.3 Å². The summed E-state index contributed by atoms with van der Waals surface area (Å²) in [6.45, 7) is 2.13. The Hall–Kier alpha value is -1.67. The third-order valence-electron chi connectivity index (χ3n) is 3.07. The number of nitrogens with zero attached hydrogens (tertiary/aromatic N) is 1. The standard InChI is InChI=1S/C16H12BrN/c1-11-10-16(13-7-2-4-8-14(13)17)18-15-9-5-3-6-12(11)15/h2-10H,1H3. The van der Waals surface area contributed by atoms with Crippen LogP contribution in [0.15, 0.2) is 59.1 Å². The maximum atomic E-state index is 4.74. The van der Waals surface area contributed by atoms with E-state index in [0.717, 1.165) is 21.2 Å². The summed E-state index contributed by atoms with van der Waals surface area (Å²) in [5, 5.41) is 1.22. The normalized spacial score (nSPS) is 10.8. The maximum Gasteiger partial charge on any atom is 0.0723 e. The average Bonchev–Trinajstić information content (AvgIpc) is 2.39. The van der Waals surface area contributed by atoms with Gasteiger partial charge < -0.3 is 0 Å². The Morgan fingerprint density at radius 2 is 1.67 bits per heavy atom. The molecular formula is C16H12BrN. The Kier molecular flexibility index (Phi) is 2.88. The second-order valence-corrected chi connectivity index (χ2v) is 5.18. The van der Waals surface area contributed by atoms with Crippen LogP contribution in [-0.2, 0) is 0 Å². The maximum absolute atomic E-state index is 4.74. The Labute approximate surface area is 115 Å². The number of pyridine rings is 1. The van der Waals surface area contributed by atoms with Crippen LogP contribution in [0.25, 0.3) is 22.2 Å². The summed E-state index contributed by atoms with van der Waals surface area (Å²) in [5.74, 6) is 0. The number of rotatable bonds is 1. The highest BCUT2D eigenvalue weighted by Crippen LogP contribution is 2.29. The van der Waals surface area contributed by atoms with E-state index >= 15 is 0 Å². The summed E-state index contributed by atoms with van der Waals surface area (Å²) in [6.07, 6.45) is 0. The van der Waals surface area contributed by atoms with Crippen LogP contribution in [0.4, 0.5) is 0 Å². The molecule has 1 aromatic heterocycles. The second-order valence-electron chi connectivity index (χ2n) is 4.32. The molecule has 18 heavy (non-hydrogen) atoms. The van der Waals surface area contributed by atoms with Crippen LogP contribution in [0, 0.1) is 6.92 Å². The molecule has 88 valence electrons. The van der Waals surface area contributed by atoms with Gasteiger partial charge in [0, 0.05) is 15.4 Å². The Morgan fingerprint density at radius 1 is 0.944 bits per heavy atom. The van der Waals surface area contributed by atoms with E-state index in [1.54, 1.807) is 0 Å². The van der Waals surface area contributed by atoms with E-state index in [2.05, 4.69) is 53.2 Å². The van der Waals surface area contributed by atoms with Crippen LogP contribution in [-0.4, -0.2) is 4.98 Å². The van der Waals surface area contributed by atoms with Gasteiger partial charge in [-0.15, -0.1) is 0 Å². The predicted molar refractivity (Wildman–Crippen MR) is 79.6 cm³/mol. The third kappa shape index (κ3) is 1.93. The van der Waals surface area contributed by atoms with E-state index < -0.39 is 0 Å². The summed E-state index contributed by atoms with van der Waals surface area (Å²) in [6, 6.07) is 18.6. The molecule has 0 unspecified atom stereocenters. The van der Waals surface area contributed by atoms with E-state index in [-0.39, 0.29) is 0 Å². The van der Waals surface area contributed by atoms with E-state index in [0.29, 0.717) is 0 Å². The first-order chi connectivity index (χ1) is 8.75. The van der Waals surface area contributed by atoms with Gasteiger partial charge in [0.25, 0.3) is 0 Å². The number of hydrogen-bond acceptors (Lipinski definition) is 1. The molecule has 1 nitrogen and oxygen atoms in total. The molecule has 0 amide bonds. The minimum absolute atomic E-state index is 1.01. The van der Waals surface area contributed by atoms with Gasteiger partial charge in [0.05, 0.1) is 11.2 Å². The molecule has 0 aliphatic carbocycles. The molecule has 0 N–H and O–H groups in total. The van der Waals surface area contributed by atoms with Gasteiger partial charge in [-0.1, -0.05) is 52.3 Å². The van der Waals surface area contributed by atoms with Crippen LogP contribution in [0.5, 0.6) is 0 Å². The van der Waals surface area contributed by atoms with Crippen molar-refractivity contribution in [3.05, 3.63) is 64.6 Å². The quantitative estimate of drug-likeness (QED) is 0.618. The highest BCUT2D eigenvalue weighted by Gasteiger charge is 2.06. The van der Waals surface area contributed by atoms with Gasteiger partial charge in [-0.25, -0.2) is 4.98 Å². The molecule has 3 aromatic rings. The van der Waals surface area contributed by atoms with Crippen LogP contribution >= 0.6 is 15.9 Å². The summed E-state index contributed by atoms with van der Waals surface area (Å²) < 4.78 is 1.08. The van der Waals surface area contributed by atoms with Crippen molar-refractivity contribution in [3.8, 4) is 11.3 Å². The van der Waals surface area contributed by atoms with Gasteiger partial charge in [0.15, 0.2) is 0 Å². The molecule has 0 saturated carbocycles. The summed E-state index contributed by atoms with van der Waals surface area (Å²) in [5.41, 5.74) is 4.44. The van der Waals surface area contributed by atoms with Crippen molar-refractivity contribution in [2.45, 2.75) is 6.92 Å². The molecule has 2 aromatic carbocycles. The van der Waals surface area contributed by atoms with Crippen LogP contribution in [0.1, 0.15) is 5.56 Å². The van der Waals surface area contributed by atoms with Gasteiger partial charge in [-0.05, 0) is 30.7 Å². The minimum Gasteiger partial charge on any atom is -0.248 e. The molecule has 0 aliphatic rings. The molecule has 0 aliphatic heterocycles. The van der Waals surface area contributed by atoms with Crippen molar-refractivity contribution in [1.82, 2.24) is 4.98 Å². The minimum atomic E-state index is 1.01. The van der Waals surface area contributed by atoms with Crippen LogP contribution in [0.2, 0.25) is 0 Å². The van der Waals surface area contributed by atoms with Gasteiger partial charge >= 0.3 is 0 Å². The number of fused-ring (bicyclic) bond motifs is 1. The smallest absolute Gasteiger partial charge is 0.0723 e.